The van der Waals surface area contributed by atoms with Gasteiger partial charge in [-0.1, -0.05) is 25.0 Å². The molecule has 4 rings (SSSR count). The monoisotopic (exact) mass is 420 g/mol. The van der Waals surface area contributed by atoms with Crippen LogP contribution in [0.1, 0.15) is 43.4 Å². The average molecular weight is 420 g/mol. The van der Waals surface area contributed by atoms with Crippen LogP contribution in [0.2, 0.25) is 0 Å². The maximum absolute atomic E-state index is 12.7. The number of likely N-dealkylation sites (tertiary alicyclic amines) is 1. The molecule has 1 aromatic carbocycles. The van der Waals surface area contributed by atoms with Crippen LogP contribution in [0.5, 0.6) is 0 Å². The number of halogens is 3. The Bertz CT molecular complexity index is 917. The van der Waals surface area contributed by atoms with E-state index < -0.39 is 11.9 Å². The fourth-order valence-electron chi connectivity index (χ4n) is 4.20. The fraction of sp³-hybridized carbons (Fsp3) is 0.476. The number of amides is 2. The molecule has 1 unspecified atom stereocenters. The van der Waals surface area contributed by atoms with Gasteiger partial charge in [-0.05, 0) is 36.6 Å². The molecule has 1 aliphatic heterocycles. The number of rotatable bonds is 5. The number of carbonyl (C=O) groups excluding carboxylic acids is 2. The van der Waals surface area contributed by atoms with E-state index in [4.69, 9.17) is 0 Å². The molecule has 2 aromatic rings. The second-order valence-electron chi connectivity index (χ2n) is 7.91. The number of aromatic nitrogens is 2. The molecule has 2 heterocycles. The number of alkyl halides is 3. The number of benzene rings is 1. The van der Waals surface area contributed by atoms with Gasteiger partial charge in [-0.15, -0.1) is 0 Å². The summed E-state index contributed by atoms with van der Waals surface area (Å²) >= 11 is 0. The van der Waals surface area contributed by atoms with Gasteiger partial charge in [0.1, 0.15) is 0 Å². The predicted molar refractivity (Wildman–Crippen MR) is 102 cm³/mol. The topological polar surface area (TPSA) is 67.2 Å². The third-order valence-electron chi connectivity index (χ3n) is 5.84. The Balaban J connectivity index is 1.31. The third kappa shape index (κ3) is 4.34. The lowest BCUT2D eigenvalue weighted by atomic mass is 10.1. The highest BCUT2D eigenvalue weighted by Gasteiger charge is 2.38. The van der Waals surface area contributed by atoms with Crippen LogP contribution in [0, 0.1) is 5.92 Å². The molecule has 30 heavy (non-hydrogen) atoms. The average Bonchev–Trinajstić information content (AvgIpc) is 3.46. The summed E-state index contributed by atoms with van der Waals surface area (Å²) in [5.41, 5.74) is 0.359. The third-order valence-corrected chi connectivity index (χ3v) is 5.84. The van der Waals surface area contributed by atoms with Crippen molar-refractivity contribution < 1.29 is 22.8 Å². The summed E-state index contributed by atoms with van der Waals surface area (Å²) in [6.45, 7) is 0.773. The van der Waals surface area contributed by atoms with Crippen molar-refractivity contribution in [2.24, 2.45) is 5.92 Å². The number of carbonyl (C=O) groups is 2. The SMILES string of the molecule is O=C(NCc1ccc(-n2ccc(C(F)(F)F)n2)cc1)C1CC(=O)N(C2CCCC2)C1. The maximum Gasteiger partial charge on any atom is 0.435 e. The molecule has 1 aliphatic carbocycles. The molecule has 0 bridgehead atoms. The van der Waals surface area contributed by atoms with Gasteiger partial charge in [0, 0.05) is 31.7 Å². The normalized spacial score (nSPS) is 20.2. The van der Waals surface area contributed by atoms with Gasteiger partial charge in [-0.2, -0.15) is 18.3 Å². The van der Waals surface area contributed by atoms with Crippen molar-refractivity contribution in [2.45, 2.75) is 50.9 Å². The zero-order chi connectivity index (χ0) is 21.3. The van der Waals surface area contributed by atoms with Crippen molar-refractivity contribution in [3.8, 4) is 5.69 Å². The lowest BCUT2D eigenvalue weighted by Gasteiger charge is -2.23. The van der Waals surface area contributed by atoms with E-state index in [1.165, 1.54) is 6.20 Å². The van der Waals surface area contributed by atoms with Gasteiger partial charge in [0.2, 0.25) is 11.8 Å². The van der Waals surface area contributed by atoms with Crippen LogP contribution in [0.15, 0.2) is 36.5 Å². The van der Waals surface area contributed by atoms with E-state index >= 15 is 0 Å². The highest BCUT2D eigenvalue weighted by Crippen LogP contribution is 2.30. The highest BCUT2D eigenvalue weighted by molar-refractivity contribution is 5.89. The van der Waals surface area contributed by atoms with Crippen molar-refractivity contribution in [1.29, 1.82) is 0 Å². The van der Waals surface area contributed by atoms with Gasteiger partial charge in [0.05, 0.1) is 11.6 Å². The van der Waals surface area contributed by atoms with E-state index in [2.05, 4.69) is 10.4 Å². The first kappa shape index (κ1) is 20.4. The molecule has 2 fully saturated rings. The zero-order valence-corrected chi connectivity index (χ0v) is 16.4. The first-order chi connectivity index (χ1) is 14.3. The molecule has 9 heteroatoms. The van der Waals surface area contributed by atoms with E-state index in [-0.39, 0.29) is 30.2 Å². The lowest BCUT2D eigenvalue weighted by Crippen LogP contribution is -2.36. The van der Waals surface area contributed by atoms with Crippen molar-refractivity contribution >= 4 is 11.8 Å². The van der Waals surface area contributed by atoms with Crippen LogP contribution in [-0.2, 0) is 22.3 Å². The lowest BCUT2D eigenvalue weighted by molar-refractivity contribution is -0.141. The van der Waals surface area contributed by atoms with E-state index in [9.17, 15) is 22.8 Å². The van der Waals surface area contributed by atoms with Crippen LogP contribution >= 0.6 is 0 Å². The van der Waals surface area contributed by atoms with E-state index in [1.807, 2.05) is 4.90 Å². The number of hydrogen-bond acceptors (Lipinski definition) is 3. The van der Waals surface area contributed by atoms with Crippen LogP contribution < -0.4 is 5.32 Å². The summed E-state index contributed by atoms with van der Waals surface area (Å²) in [5, 5.41) is 6.41. The molecule has 1 saturated heterocycles. The maximum atomic E-state index is 12.7. The van der Waals surface area contributed by atoms with Gasteiger partial charge in [-0.3, -0.25) is 9.59 Å². The molecule has 1 N–H and O–H groups in total. The zero-order valence-electron chi connectivity index (χ0n) is 16.4. The van der Waals surface area contributed by atoms with Gasteiger partial charge in [-0.25, -0.2) is 4.68 Å². The number of nitrogens with zero attached hydrogens (tertiary/aromatic N) is 3. The summed E-state index contributed by atoms with van der Waals surface area (Å²) in [7, 11) is 0. The van der Waals surface area contributed by atoms with Gasteiger partial charge < -0.3 is 10.2 Å². The Morgan fingerprint density at radius 3 is 2.47 bits per heavy atom. The summed E-state index contributed by atoms with van der Waals surface area (Å²) in [6.07, 6.45) is 1.34. The van der Waals surface area contributed by atoms with Crippen LogP contribution in [0.3, 0.4) is 0 Å². The molecular formula is C21H23F3N4O2. The van der Waals surface area contributed by atoms with Crippen LogP contribution in [-0.4, -0.2) is 39.1 Å². The van der Waals surface area contributed by atoms with Crippen LogP contribution in [0.25, 0.3) is 5.69 Å². The molecular weight excluding hydrogens is 397 g/mol. The first-order valence-electron chi connectivity index (χ1n) is 10.1. The van der Waals surface area contributed by atoms with Crippen molar-refractivity contribution in [3.63, 3.8) is 0 Å². The van der Waals surface area contributed by atoms with Gasteiger partial charge in [0.25, 0.3) is 0 Å². The molecule has 0 spiro atoms. The molecule has 1 atom stereocenters. The minimum atomic E-state index is -4.48. The van der Waals surface area contributed by atoms with E-state index in [0.29, 0.717) is 18.8 Å². The van der Waals surface area contributed by atoms with E-state index in [1.54, 1.807) is 24.3 Å². The summed E-state index contributed by atoms with van der Waals surface area (Å²) < 4.78 is 39.2. The summed E-state index contributed by atoms with van der Waals surface area (Å²) in [6, 6.07) is 7.96. The second-order valence-corrected chi connectivity index (χ2v) is 7.91. The molecule has 2 aliphatic rings. The Kier molecular flexibility index (Phi) is 5.53. The number of nitrogens with one attached hydrogen (secondary N) is 1. The Hall–Kier alpha value is -2.84. The first-order valence-corrected chi connectivity index (χ1v) is 10.1. The molecule has 0 radical (unpaired) electrons. The Morgan fingerprint density at radius 2 is 1.83 bits per heavy atom. The van der Waals surface area contributed by atoms with E-state index in [0.717, 1.165) is 42.0 Å². The minimum absolute atomic E-state index is 0.0591. The Morgan fingerprint density at radius 1 is 1.13 bits per heavy atom. The molecule has 1 aromatic heterocycles. The molecule has 6 nitrogen and oxygen atoms in total. The Labute approximate surface area is 172 Å². The van der Waals surface area contributed by atoms with Crippen molar-refractivity contribution in [2.75, 3.05) is 6.54 Å². The smallest absolute Gasteiger partial charge is 0.352 e. The fourth-order valence-corrected chi connectivity index (χ4v) is 4.20. The highest BCUT2D eigenvalue weighted by atomic mass is 19.4. The molecule has 160 valence electrons. The molecule has 2 amide bonds. The second kappa shape index (κ2) is 8.12. The summed E-state index contributed by atoms with van der Waals surface area (Å²) in [5.74, 6) is -0.416. The van der Waals surface area contributed by atoms with Crippen LogP contribution in [0.4, 0.5) is 13.2 Å². The molecule has 1 saturated carbocycles. The minimum Gasteiger partial charge on any atom is -0.352 e. The standard InChI is InChI=1S/C21H23F3N4O2/c22-21(23,24)18-9-10-28(26-18)17-7-5-14(6-8-17)12-25-20(30)15-11-19(29)27(13-15)16-3-1-2-4-16/h5-10,15-16H,1-4,11-13H2,(H,25,30). The predicted octanol–water partition coefficient (Wildman–Crippen LogP) is 3.30. The summed E-state index contributed by atoms with van der Waals surface area (Å²) in [4.78, 5) is 26.6. The quantitative estimate of drug-likeness (QED) is 0.807. The van der Waals surface area contributed by atoms with Crippen molar-refractivity contribution in [3.05, 3.63) is 47.8 Å². The van der Waals surface area contributed by atoms with Gasteiger partial charge in [0.15, 0.2) is 5.69 Å². The largest absolute Gasteiger partial charge is 0.435 e. The van der Waals surface area contributed by atoms with Gasteiger partial charge >= 0.3 is 6.18 Å². The van der Waals surface area contributed by atoms with Crippen molar-refractivity contribution in [1.82, 2.24) is 20.0 Å². The number of hydrogen-bond donors (Lipinski definition) is 1.